The average molecular weight is 358 g/mol. The number of hydrogen-bond acceptors (Lipinski definition) is 9. The maximum absolute atomic E-state index is 11.6. The SMILES string of the molecule is Nc1nc(C(N=O)c2ccc3c(c2)OCO3)c2cc(C(=O)O)sc2n1. The Hall–Kier alpha value is -3.27. The molecule has 1 unspecified atom stereocenters. The van der Waals surface area contributed by atoms with E-state index >= 15 is 0 Å². The smallest absolute Gasteiger partial charge is 0.345 e. The number of nitrogens with zero attached hydrogens (tertiary/aromatic N) is 3. The fourth-order valence-electron chi connectivity index (χ4n) is 2.63. The van der Waals surface area contributed by atoms with E-state index in [-0.39, 0.29) is 23.3 Å². The molecule has 0 fully saturated rings. The molecule has 10 heteroatoms. The molecule has 0 saturated carbocycles. The second kappa shape index (κ2) is 5.67. The van der Waals surface area contributed by atoms with Crippen molar-refractivity contribution in [2.24, 2.45) is 5.18 Å². The minimum atomic E-state index is -1.09. The lowest BCUT2D eigenvalue weighted by Gasteiger charge is -2.11. The van der Waals surface area contributed by atoms with Gasteiger partial charge >= 0.3 is 5.97 Å². The van der Waals surface area contributed by atoms with Crippen LogP contribution in [0.2, 0.25) is 0 Å². The summed E-state index contributed by atoms with van der Waals surface area (Å²) in [6.07, 6.45) is 0. The van der Waals surface area contributed by atoms with Gasteiger partial charge in [0.25, 0.3) is 0 Å². The Morgan fingerprint density at radius 3 is 2.84 bits per heavy atom. The van der Waals surface area contributed by atoms with Gasteiger partial charge in [-0.1, -0.05) is 11.2 Å². The number of aromatic carboxylic acids is 1. The predicted octanol–water partition coefficient (Wildman–Crippen LogP) is 2.56. The molecule has 1 aliphatic rings. The van der Waals surface area contributed by atoms with E-state index in [1.165, 1.54) is 6.07 Å². The highest BCUT2D eigenvalue weighted by Crippen LogP contribution is 2.39. The molecule has 1 aromatic carbocycles. The van der Waals surface area contributed by atoms with Gasteiger partial charge in [0.1, 0.15) is 9.71 Å². The van der Waals surface area contributed by atoms with Crippen molar-refractivity contribution < 1.29 is 19.4 Å². The summed E-state index contributed by atoms with van der Waals surface area (Å²) in [5.41, 5.74) is 6.50. The van der Waals surface area contributed by atoms with E-state index in [0.29, 0.717) is 27.3 Å². The van der Waals surface area contributed by atoms with Crippen LogP contribution in [0.5, 0.6) is 11.5 Å². The number of ether oxygens (including phenoxy) is 2. The summed E-state index contributed by atoms with van der Waals surface area (Å²) in [5, 5.41) is 12.8. The van der Waals surface area contributed by atoms with Crippen LogP contribution < -0.4 is 15.2 Å². The molecule has 3 heterocycles. The van der Waals surface area contributed by atoms with E-state index in [4.69, 9.17) is 15.2 Å². The highest BCUT2D eigenvalue weighted by molar-refractivity contribution is 7.20. The van der Waals surface area contributed by atoms with Gasteiger partial charge in [0.15, 0.2) is 17.5 Å². The molecule has 4 rings (SSSR count). The van der Waals surface area contributed by atoms with Crippen LogP contribution in [0.1, 0.15) is 27.0 Å². The van der Waals surface area contributed by atoms with E-state index in [9.17, 15) is 14.8 Å². The van der Waals surface area contributed by atoms with Crippen molar-refractivity contribution in [3.05, 3.63) is 45.3 Å². The molecule has 1 atom stereocenters. The Labute approximate surface area is 144 Å². The zero-order chi connectivity index (χ0) is 17.6. The van der Waals surface area contributed by atoms with Crippen molar-refractivity contribution >= 4 is 33.5 Å². The lowest BCUT2D eigenvalue weighted by Crippen LogP contribution is -2.05. The number of anilines is 1. The molecule has 0 radical (unpaired) electrons. The largest absolute Gasteiger partial charge is 0.477 e. The number of nitrogen functional groups attached to an aromatic ring is 1. The molecular weight excluding hydrogens is 348 g/mol. The van der Waals surface area contributed by atoms with Gasteiger partial charge in [-0.25, -0.2) is 14.8 Å². The van der Waals surface area contributed by atoms with Crippen molar-refractivity contribution in [1.29, 1.82) is 0 Å². The summed E-state index contributed by atoms with van der Waals surface area (Å²) in [4.78, 5) is 31.4. The van der Waals surface area contributed by atoms with Crippen LogP contribution in [0.3, 0.4) is 0 Å². The van der Waals surface area contributed by atoms with E-state index in [1.807, 2.05) is 0 Å². The number of nitroso groups, excluding NO2 is 1. The van der Waals surface area contributed by atoms with E-state index in [0.717, 1.165) is 11.3 Å². The van der Waals surface area contributed by atoms with Gasteiger partial charge in [-0.2, -0.15) is 0 Å². The molecule has 0 saturated heterocycles. The van der Waals surface area contributed by atoms with Crippen LogP contribution in [-0.2, 0) is 0 Å². The number of rotatable bonds is 4. The predicted molar refractivity (Wildman–Crippen MR) is 89.0 cm³/mol. The molecule has 0 spiro atoms. The molecule has 0 amide bonds. The topological polar surface area (TPSA) is 137 Å². The fourth-order valence-corrected chi connectivity index (χ4v) is 3.51. The molecule has 0 aliphatic carbocycles. The van der Waals surface area contributed by atoms with Crippen LogP contribution in [-0.4, -0.2) is 27.8 Å². The first-order valence-corrected chi connectivity index (χ1v) is 7.90. The number of carbonyl (C=O) groups is 1. The third kappa shape index (κ3) is 2.52. The molecule has 9 nitrogen and oxygen atoms in total. The number of aromatic nitrogens is 2. The molecule has 1 aliphatic heterocycles. The Morgan fingerprint density at radius 2 is 2.08 bits per heavy atom. The van der Waals surface area contributed by atoms with E-state index < -0.39 is 12.0 Å². The Kier molecular flexibility index (Phi) is 3.46. The Balaban J connectivity index is 1.88. The maximum atomic E-state index is 11.6. The summed E-state index contributed by atoms with van der Waals surface area (Å²) < 4.78 is 10.6. The van der Waals surface area contributed by atoms with Crippen LogP contribution >= 0.6 is 11.3 Å². The summed E-state index contributed by atoms with van der Waals surface area (Å²) in [6, 6.07) is 5.42. The summed E-state index contributed by atoms with van der Waals surface area (Å²) >= 11 is 0.958. The zero-order valence-corrected chi connectivity index (χ0v) is 13.3. The first-order chi connectivity index (χ1) is 12.1. The number of fused-ring (bicyclic) bond motifs is 2. The highest BCUT2D eigenvalue weighted by Gasteiger charge is 2.25. The Bertz CT molecular complexity index is 1020. The minimum Gasteiger partial charge on any atom is -0.477 e. The molecule has 126 valence electrons. The molecule has 3 N–H and O–H groups in total. The number of carboxylic acids is 1. The third-order valence-corrected chi connectivity index (χ3v) is 4.74. The van der Waals surface area contributed by atoms with Gasteiger partial charge in [0.2, 0.25) is 12.7 Å². The summed E-state index contributed by atoms with van der Waals surface area (Å²) in [5.74, 6) is -0.0766. The number of hydrogen-bond donors (Lipinski definition) is 2. The van der Waals surface area contributed by atoms with Crippen molar-refractivity contribution in [3.8, 4) is 11.5 Å². The van der Waals surface area contributed by atoms with Gasteiger partial charge in [-0.3, -0.25) is 0 Å². The normalized spacial score (nSPS) is 13.8. The maximum Gasteiger partial charge on any atom is 0.345 e. The standard InChI is InChI=1S/C15H10N4O5S/c16-15-17-12(7-4-10(14(20)21)25-13(7)18-15)11(19-22)6-1-2-8-9(3-6)24-5-23-8/h1-4,11H,5H2,(H,20,21)(H2,16,17,18). The van der Waals surface area contributed by atoms with Crippen LogP contribution in [0.25, 0.3) is 10.2 Å². The van der Waals surface area contributed by atoms with Crippen molar-refractivity contribution in [3.63, 3.8) is 0 Å². The number of carboxylic acid groups (broad SMARTS) is 1. The van der Waals surface area contributed by atoms with E-state index in [2.05, 4.69) is 15.1 Å². The first kappa shape index (κ1) is 15.3. The van der Waals surface area contributed by atoms with Crippen molar-refractivity contribution in [1.82, 2.24) is 9.97 Å². The zero-order valence-electron chi connectivity index (χ0n) is 12.5. The molecule has 25 heavy (non-hydrogen) atoms. The molecule has 0 bridgehead atoms. The lowest BCUT2D eigenvalue weighted by atomic mass is 10.0. The van der Waals surface area contributed by atoms with Crippen LogP contribution in [0.15, 0.2) is 29.4 Å². The van der Waals surface area contributed by atoms with Crippen LogP contribution in [0, 0.1) is 4.91 Å². The van der Waals surface area contributed by atoms with Crippen LogP contribution in [0.4, 0.5) is 5.95 Å². The summed E-state index contributed by atoms with van der Waals surface area (Å²) in [7, 11) is 0. The second-order valence-electron chi connectivity index (χ2n) is 5.22. The van der Waals surface area contributed by atoms with Gasteiger partial charge in [-0.15, -0.1) is 16.2 Å². The molecular formula is C15H10N4O5S. The lowest BCUT2D eigenvalue weighted by molar-refractivity contribution is 0.0702. The van der Waals surface area contributed by atoms with Gasteiger partial charge in [0.05, 0.1) is 5.69 Å². The number of nitrogens with two attached hydrogens (primary N) is 1. The van der Waals surface area contributed by atoms with Crippen molar-refractivity contribution in [2.75, 3.05) is 12.5 Å². The van der Waals surface area contributed by atoms with E-state index in [1.54, 1.807) is 18.2 Å². The average Bonchev–Trinajstić information content (AvgIpc) is 3.21. The molecule has 3 aromatic rings. The van der Waals surface area contributed by atoms with Gasteiger partial charge in [0, 0.05) is 5.39 Å². The Morgan fingerprint density at radius 1 is 1.28 bits per heavy atom. The molecule has 2 aromatic heterocycles. The van der Waals surface area contributed by atoms with Gasteiger partial charge in [-0.05, 0) is 23.8 Å². The number of thiophene rings is 1. The third-order valence-electron chi connectivity index (χ3n) is 3.73. The van der Waals surface area contributed by atoms with Crippen molar-refractivity contribution in [2.45, 2.75) is 6.04 Å². The first-order valence-electron chi connectivity index (χ1n) is 7.09. The van der Waals surface area contributed by atoms with Gasteiger partial charge < -0.3 is 20.3 Å². The number of benzene rings is 1. The fraction of sp³-hybridized carbons (Fsp3) is 0.133. The minimum absolute atomic E-state index is 0.0596. The second-order valence-corrected chi connectivity index (χ2v) is 6.25. The quantitative estimate of drug-likeness (QED) is 0.679. The summed E-state index contributed by atoms with van der Waals surface area (Å²) in [6.45, 7) is 0.106. The monoisotopic (exact) mass is 358 g/mol. The highest BCUT2D eigenvalue weighted by atomic mass is 32.1.